The Balaban J connectivity index is 2.09. The van der Waals surface area contributed by atoms with Crippen LogP contribution in [-0.4, -0.2) is 30.0 Å². The van der Waals surface area contributed by atoms with Crippen molar-refractivity contribution in [2.24, 2.45) is 0 Å². The predicted octanol–water partition coefficient (Wildman–Crippen LogP) is 2.25. The lowest BCUT2D eigenvalue weighted by Gasteiger charge is -2.25. The Hall–Kier alpha value is -1.35. The normalized spacial score (nSPS) is 16.4. The van der Waals surface area contributed by atoms with Crippen molar-refractivity contribution >= 4 is 5.84 Å². The first-order valence-corrected chi connectivity index (χ1v) is 5.75. The molecule has 3 heteroatoms. The SMILES string of the molecule is CCOCC(C)N1Cc2ccccc2C1=N. The highest BCUT2D eigenvalue weighted by Gasteiger charge is 2.27. The summed E-state index contributed by atoms with van der Waals surface area (Å²) in [6.45, 7) is 6.36. The minimum absolute atomic E-state index is 0.264. The number of benzene rings is 1. The summed E-state index contributed by atoms with van der Waals surface area (Å²) in [5.74, 6) is 0.628. The molecule has 2 rings (SSSR count). The molecule has 0 radical (unpaired) electrons. The second-order valence-electron chi connectivity index (χ2n) is 4.14. The zero-order valence-corrected chi connectivity index (χ0v) is 9.86. The van der Waals surface area contributed by atoms with Crippen LogP contribution in [0.2, 0.25) is 0 Å². The van der Waals surface area contributed by atoms with Crippen molar-refractivity contribution in [3.63, 3.8) is 0 Å². The summed E-state index contributed by atoms with van der Waals surface area (Å²) >= 11 is 0. The van der Waals surface area contributed by atoms with Crippen molar-refractivity contribution < 1.29 is 4.74 Å². The van der Waals surface area contributed by atoms with E-state index in [1.807, 2.05) is 25.1 Å². The molecule has 0 saturated carbocycles. The van der Waals surface area contributed by atoms with Crippen LogP contribution in [0, 0.1) is 5.41 Å². The molecule has 16 heavy (non-hydrogen) atoms. The van der Waals surface area contributed by atoms with Crippen LogP contribution in [0.5, 0.6) is 0 Å². The topological polar surface area (TPSA) is 36.3 Å². The first-order valence-electron chi connectivity index (χ1n) is 5.75. The number of ether oxygens (including phenoxy) is 1. The van der Waals surface area contributed by atoms with Crippen LogP contribution < -0.4 is 0 Å². The summed E-state index contributed by atoms with van der Waals surface area (Å²) in [6.07, 6.45) is 0. The summed E-state index contributed by atoms with van der Waals surface area (Å²) in [5, 5.41) is 8.12. The largest absolute Gasteiger partial charge is 0.380 e. The summed E-state index contributed by atoms with van der Waals surface area (Å²) in [6, 6.07) is 8.40. The molecule has 1 N–H and O–H groups in total. The quantitative estimate of drug-likeness (QED) is 0.841. The maximum absolute atomic E-state index is 8.12. The molecule has 1 aromatic rings. The van der Waals surface area contributed by atoms with E-state index in [9.17, 15) is 0 Å². The molecule has 1 heterocycles. The molecule has 0 bridgehead atoms. The van der Waals surface area contributed by atoms with E-state index in [1.54, 1.807) is 0 Å². The lowest BCUT2D eigenvalue weighted by Crippen LogP contribution is -2.36. The van der Waals surface area contributed by atoms with Gasteiger partial charge < -0.3 is 9.64 Å². The first-order chi connectivity index (χ1) is 7.74. The Labute approximate surface area is 96.5 Å². The third kappa shape index (κ3) is 1.95. The Morgan fingerprint density at radius 2 is 2.19 bits per heavy atom. The summed E-state index contributed by atoms with van der Waals surface area (Å²) in [5.41, 5.74) is 2.31. The zero-order chi connectivity index (χ0) is 11.5. The fourth-order valence-corrected chi connectivity index (χ4v) is 2.06. The molecule has 0 amide bonds. The van der Waals surface area contributed by atoms with Crippen LogP contribution in [0.25, 0.3) is 0 Å². The molecule has 86 valence electrons. The summed E-state index contributed by atoms with van der Waals surface area (Å²) < 4.78 is 5.42. The van der Waals surface area contributed by atoms with Crippen molar-refractivity contribution in [2.75, 3.05) is 13.2 Å². The molecule has 1 atom stereocenters. The average Bonchev–Trinajstić information content (AvgIpc) is 2.64. The maximum atomic E-state index is 8.12. The standard InChI is InChI=1S/C13H18N2O/c1-3-16-9-10(2)15-8-11-6-4-5-7-12(11)13(15)14/h4-7,10,14H,3,8-9H2,1-2H3. The molecule has 3 nitrogen and oxygen atoms in total. The second-order valence-corrected chi connectivity index (χ2v) is 4.14. The van der Waals surface area contributed by atoms with Gasteiger partial charge in [-0.3, -0.25) is 5.41 Å². The van der Waals surface area contributed by atoms with Gasteiger partial charge in [0, 0.05) is 18.7 Å². The minimum atomic E-state index is 0.264. The van der Waals surface area contributed by atoms with E-state index in [0.29, 0.717) is 12.4 Å². The highest BCUT2D eigenvalue weighted by molar-refractivity contribution is 6.00. The van der Waals surface area contributed by atoms with Gasteiger partial charge in [0.1, 0.15) is 5.84 Å². The lowest BCUT2D eigenvalue weighted by atomic mass is 10.1. The molecule has 0 spiro atoms. The highest BCUT2D eigenvalue weighted by Crippen LogP contribution is 2.24. The van der Waals surface area contributed by atoms with E-state index in [2.05, 4.69) is 17.9 Å². The summed E-state index contributed by atoms with van der Waals surface area (Å²) in [7, 11) is 0. The van der Waals surface area contributed by atoms with Gasteiger partial charge in [0.05, 0.1) is 12.6 Å². The van der Waals surface area contributed by atoms with E-state index < -0.39 is 0 Å². The van der Waals surface area contributed by atoms with E-state index in [-0.39, 0.29) is 6.04 Å². The molecule has 0 fully saturated rings. The molecule has 0 aliphatic carbocycles. The zero-order valence-electron chi connectivity index (χ0n) is 9.86. The fraction of sp³-hybridized carbons (Fsp3) is 0.462. The van der Waals surface area contributed by atoms with Crippen molar-refractivity contribution in [1.29, 1.82) is 5.41 Å². The van der Waals surface area contributed by atoms with Gasteiger partial charge in [-0.25, -0.2) is 0 Å². The number of amidine groups is 1. The number of nitrogens with zero attached hydrogens (tertiary/aromatic N) is 1. The fourth-order valence-electron chi connectivity index (χ4n) is 2.06. The highest BCUT2D eigenvalue weighted by atomic mass is 16.5. The van der Waals surface area contributed by atoms with Crippen molar-refractivity contribution in [3.05, 3.63) is 35.4 Å². The van der Waals surface area contributed by atoms with Gasteiger partial charge in [-0.15, -0.1) is 0 Å². The van der Waals surface area contributed by atoms with Crippen molar-refractivity contribution in [3.8, 4) is 0 Å². The van der Waals surface area contributed by atoms with Crippen LogP contribution in [0.3, 0.4) is 0 Å². The van der Waals surface area contributed by atoms with E-state index in [4.69, 9.17) is 10.1 Å². The lowest BCUT2D eigenvalue weighted by molar-refractivity contribution is 0.0999. The number of hydrogen-bond donors (Lipinski definition) is 1. The van der Waals surface area contributed by atoms with Crippen LogP contribution >= 0.6 is 0 Å². The predicted molar refractivity (Wildman–Crippen MR) is 64.8 cm³/mol. The van der Waals surface area contributed by atoms with Crippen molar-refractivity contribution in [1.82, 2.24) is 4.90 Å². The number of hydrogen-bond acceptors (Lipinski definition) is 2. The van der Waals surface area contributed by atoms with Gasteiger partial charge in [-0.1, -0.05) is 24.3 Å². The maximum Gasteiger partial charge on any atom is 0.129 e. The van der Waals surface area contributed by atoms with Crippen LogP contribution in [0.15, 0.2) is 24.3 Å². The first kappa shape index (κ1) is 11.1. The Kier molecular flexibility index (Phi) is 3.25. The molecule has 1 aromatic carbocycles. The number of rotatable bonds is 4. The van der Waals surface area contributed by atoms with Crippen LogP contribution in [-0.2, 0) is 11.3 Å². The minimum Gasteiger partial charge on any atom is -0.380 e. The molecule has 1 unspecified atom stereocenters. The van der Waals surface area contributed by atoms with Gasteiger partial charge >= 0.3 is 0 Å². The van der Waals surface area contributed by atoms with Gasteiger partial charge in [-0.2, -0.15) is 0 Å². The monoisotopic (exact) mass is 218 g/mol. The van der Waals surface area contributed by atoms with Gasteiger partial charge in [0.25, 0.3) is 0 Å². The van der Waals surface area contributed by atoms with Crippen LogP contribution in [0.1, 0.15) is 25.0 Å². The molecule has 1 aliphatic rings. The van der Waals surface area contributed by atoms with Gasteiger partial charge in [0.2, 0.25) is 0 Å². The third-order valence-electron chi connectivity index (χ3n) is 3.00. The number of fused-ring (bicyclic) bond motifs is 1. The van der Waals surface area contributed by atoms with Gasteiger partial charge in [0.15, 0.2) is 0 Å². The molecular weight excluding hydrogens is 200 g/mol. The van der Waals surface area contributed by atoms with Crippen LogP contribution in [0.4, 0.5) is 0 Å². The Bertz CT molecular complexity index is 389. The summed E-state index contributed by atoms with van der Waals surface area (Å²) in [4.78, 5) is 2.10. The molecular formula is C13H18N2O. The van der Waals surface area contributed by atoms with E-state index in [0.717, 1.165) is 18.7 Å². The van der Waals surface area contributed by atoms with E-state index >= 15 is 0 Å². The molecule has 0 aromatic heterocycles. The van der Waals surface area contributed by atoms with E-state index in [1.165, 1.54) is 5.56 Å². The number of nitrogens with one attached hydrogen (secondary N) is 1. The smallest absolute Gasteiger partial charge is 0.129 e. The molecule has 1 aliphatic heterocycles. The molecule has 0 saturated heterocycles. The van der Waals surface area contributed by atoms with Gasteiger partial charge in [-0.05, 0) is 19.4 Å². The second kappa shape index (κ2) is 4.66. The Morgan fingerprint density at radius 1 is 1.44 bits per heavy atom. The third-order valence-corrected chi connectivity index (χ3v) is 3.00. The average molecular weight is 218 g/mol. The Morgan fingerprint density at radius 3 is 2.88 bits per heavy atom. The van der Waals surface area contributed by atoms with Crippen molar-refractivity contribution in [2.45, 2.75) is 26.4 Å².